The Kier molecular flexibility index (Phi) is 7.68. The lowest BCUT2D eigenvalue weighted by Gasteiger charge is -2.41. The molecule has 35 heavy (non-hydrogen) atoms. The number of anilines is 1. The summed E-state index contributed by atoms with van der Waals surface area (Å²) in [6, 6.07) is 1.33. The maximum atomic E-state index is 15.6. The van der Waals surface area contributed by atoms with E-state index < -0.39 is 29.0 Å². The number of piperidine rings is 2. The highest BCUT2D eigenvalue weighted by Gasteiger charge is 2.44. The lowest BCUT2D eigenvalue weighted by atomic mass is 9.89. The molecule has 0 bridgehead atoms. The van der Waals surface area contributed by atoms with Crippen molar-refractivity contribution in [2.75, 3.05) is 64.8 Å². The molecule has 2 saturated heterocycles. The van der Waals surface area contributed by atoms with Crippen LogP contribution in [0.4, 0.5) is 23.2 Å². The summed E-state index contributed by atoms with van der Waals surface area (Å²) in [6.07, 6.45) is 5.50. The molecule has 10 heteroatoms. The van der Waals surface area contributed by atoms with Gasteiger partial charge in [-0.15, -0.1) is 0 Å². The van der Waals surface area contributed by atoms with Crippen LogP contribution in [-0.4, -0.2) is 92.5 Å². The number of hydrogen-bond donors (Lipinski definition) is 0. The zero-order chi connectivity index (χ0) is 25.2. The van der Waals surface area contributed by atoms with E-state index in [9.17, 15) is 18.0 Å². The predicted octanol–water partition coefficient (Wildman–Crippen LogP) is 3.44. The van der Waals surface area contributed by atoms with E-state index in [-0.39, 0.29) is 24.4 Å². The van der Waals surface area contributed by atoms with Crippen LogP contribution in [0.15, 0.2) is 28.9 Å². The number of hydrazone groups is 1. The van der Waals surface area contributed by atoms with Crippen LogP contribution < -0.4 is 4.90 Å². The van der Waals surface area contributed by atoms with Crippen molar-refractivity contribution in [1.29, 1.82) is 0 Å². The van der Waals surface area contributed by atoms with Crippen molar-refractivity contribution in [3.8, 4) is 0 Å². The molecule has 0 radical (unpaired) electrons. The average molecular weight is 496 g/mol. The smallest absolute Gasteiger partial charge is 0.260 e. The van der Waals surface area contributed by atoms with Crippen LogP contribution in [0.1, 0.15) is 25.7 Å². The van der Waals surface area contributed by atoms with Crippen molar-refractivity contribution < 1.29 is 22.4 Å². The van der Waals surface area contributed by atoms with E-state index in [0.29, 0.717) is 64.2 Å². The monoisotopic (exact) mass is 495 g/mol. The summed E-state index contributed by atoms with van der Waals surface area (Å²) < 4.78 is 57.0. The van der Waals surface area contributed by atoms with E-state index in [1.54, 1.807) is 11.9 Å². The Morgan fingerprint density at radius 3 is 2.31 bits per heavy atom. The van der Waals surface area contributed by atoms with Gasteiger partial charge in [-0.25, -0.2) is 17.6 Å². The molecule has 0 aromatic heterocycles. The molecule has 3 aliphatic rings. The Hall–Kier alpha value is -2.62. The summed E-state index contributed by atoms with van der Waals surface area (Å²) in [4.78, 5) is 18.2. The number of benzene rings is 1. The molecule has 4 rings (SSSR count). The molecule has 0 saturated carbocycles. The van der Waals surface area contributed by atoms with Crippen molar-refractivity contribution >= 4 is 17.8 Å². The fourth-order valence-corrected chi connectivity index (χ4v) is 5.14. The molecule has 3 aliphatic heterocycles. The Morgan fingerprint density at radius 1 is 1.11 bits per heavy atom. The lowest BCUT2D eigenvalue weighted by molar-refractivity contribution is -0.148. The second kappa shape index (κ2) is 10.6. The van der Waals surface area contributed by atoms with Crippen molar-refractivity contribution in [2.24, 2.45) is 11.0 Å². The van der Waals surface area contributed by atoms with Crippen molar-refractivity contribution in [3.63, 3.8) is 0 Å². The van der Waals surface area contributed by atoms with Crippen LogP contribution in [0.3, 0.4) is 0 Å². The SMILES string of the molecule is CN1CC=C(CN2CCC(F)(C(=O)N3CCC(CN(C)c4c(F)cc(F)cc4F)CC3)CC2)C=N1. The molecule has 1 aromatic carbocycles. The van der Waals surface area contributed by atoms with Gasteiger partial charge in [-0.05, 0) is 24.3 Å². The van der Waals surface area contributed by atoms with E-state index in [1.165, 1.54) is 4.90 Å². The van der Waals surface area contributed by atoms with Gasteiger partial charge in [0.1, 0.15) is 11.5 Å². The molecule has 1 aromatic rings. The van der Waals surface area contributed by atoms with Gasteiger partial charge in [-0.2, -0.15) is 5.10 Å². The third-order valence-electron chi connectivity index (χ3n) is 7.27. The van der Waals surface area contributed by atoms with E-state index in [4.69, 9.17) is 0 Å². The Morgan fingerprint density at radius 2 is 1.74 bits per heavy atom. The predicted molar refractivity (Wildman–Crippen MR) is 128 cm³/mol. The number of carbonyl (C=O) groups is 1. The average Bonchev–Trinajstić information content (AvgIpc) is 2.81. The Bertz CT molecular complexity index is 961. The van der Waals surface area contributed by atoms with Gasteiger partial charge < -0.3 is 9.80 Å². The number of likely N-dealkylation sites (N-methyl/N-ethyl adjacent to an activating group) is 1. The van der Waals surface area contributed by atoms with E-state index in [1.807, 2.05) is 18.3 Å². The van der Waals surface area contributed by atoms with Gasteiger partial charge in [0.05, 0.1) is 12.8 Å². The topological polar surface area (TPSA) is 42.4 Å². The molecular formula is C25H33F4N5O. The molecular weight excluding hydrogens is 462 g/mol. The number of hydrogen-bond acceptors (Lipinski definition) is 5. The molecule has 0 aliphatic carbocycles. The standard InChI is InChI=1S/C25H33F4N5O/c1-31(23-21(27)13-20(26)14-22(23)28)16-18-4-9-34(10-5-18)24(35)25(29)6-11-33(12-7-25)17-19-3-8-32(2)30-15-19/h3,13-15,18H,4-12,16-17H2,1-2H3. The maximum absolute atomic E-state index is 15.6. The van der Waals surface area contributed by atoms with E-state index >= 15 is 4.39 Å². The highest BCUT2D eigenvalue weighted by Crippen LogP contribution is 2.32. The maximum Gasteiger partial charge on any atom is 0.260 e. The summed E-state index contributed by atoms with van der Waals surface area (Å²) in [5, 5.41) is 6.11. The number of rotatable bonds is 6. The molecule has 1 amide bonds. The van der Waals surface area contributed by atoms with Crippen LogP contribution in [-0.2, 0) is 4.79 Å². The summed E-state index contributed by atoms with van der Waals surface area (Å²) >= 11 is 0. The summed E-state index contributed by atoms with van der Waals surface area (Å²) in [6.45, 7) is 3.68. The van der Waals surface area contributed by atoms with Crippen LogP contribution in [0.5, 0.6) is 0 Å². The summed E-state index contributed by atoms with van der Waals surface area (Å²) in [5.74, 6) is -3.19. The number of likely N-dealkylation sites (tertiary alicyclic amines) is 2. The van der Waals surface area contributed by atoms with Crippen LogP contribution in [0.25, 0.3) is 0 Å². The molecule has 2 fully saturated rings. The number of amides is 1. The quantitative estimate of drug-likeness (QED) is 0.568. The molecule has 6 nitrogen and oxygen atoms in total. The Balaban J connectivity index is 1.25. The van der Waals surface area contributed by atoms with Crippen molar-refractivity contribution in [2.45, 2.75) is 31.4 Å². The zero-order valence-corrected chi connectivity index (χ0v) is 20.3. The fraction of sp³-hybridized carbons (Fsp3) is 0.600. The summed E-state index contributed by atoms with van der Waals surface area (Å²) in [7, 11) is 3.47. The van der Waals surface area contributed by atoms with Crippen LogP contribution >= 0.6 is 0 Å². The minimum atomic E-state index is -1.85. The first-order valence-electron chi connectivity index (χ1n) is 12.1. The first kappa shape index (κ1) is 25.5. The molecule has 3 heterocycles. The molecule has 192 valence electrons. The fourth-order valence-electron chi connectivity index (χ4n) is 5.14. The van der Waals surface area contributed by atoms with Gasteiger partial charge >= 0.3 is 0 Å². The van der Waals surface area contributed by atoms with Gasteiger partial charge in [0.2, 0.25) is 0 Å². The number of carbonyl (C=O) groups excluding carboxylic acids is 1. The third kappa shape index (κ3) is 5.97. The second-order valence-corrected chi connectivity index (χ2v) is 9.94. The van der Waals surface area contributed by atoms with Gasteiger partial charge in [0, 0.05) is 78.3 Å². The molecule has 0 atom stereocenters. The largest absolute Gasteiger partial charge is 0.370 e. The molecule has 0 N–H and O–H groups in total. The van der Waals surface area contributed by atoms with Gasteiger partial charge in [-0.1, -0.05) is 6.08 Å². The number of alkyl halides is 1. The van der Waals surface area contributed by atoms with Crippen molar-refractivity contribution in [3.05, 3.63) is 41.2 Å². The minimum Gasteiger partial charge on any atom is -0.370 e. The third-order valence-corrected chi connectivity index (χ3v) is 7.27. The summed E-state index contributed by atoms with van der Waals surface area (Å²) in [5.41, 5.74) is -1.01. The lowest BCUT2D eigenvalue weighted by Crippen LogP contribution is -2.54. The molecule has 0 spiro atoms. The normalized spacial score (nSPS) is 21.3. The van der Waals surface area contributed by atoms with Crippen LogP contribution in [0, 0.1) is 23.4 Å². The first-order valence-corrected chi connectivity index (χ1v) is 12.1. The van der Waals surface area contributed by atoms with E-state index in [2.05, 4.69) is 16.1 Å². The first-order chi connectivity index (χ1) is 16.6. The molecule has 0 unspecified atom stereocenters. The zero-order valence-electron chi connectivity index (χ0n) is 20.3. The van der Waals surface area contributed by atoms with Gasteiger partial charge in [0.25, 0.3) is 5.91 Å². The van der Waals surface area contributed by atoms with Gasteiger partial charge in [-0.3, -0.25) is 14.7 Å². The highest BCUT2D eigenvalue weighted by atomic mass is 19.2. The highest BCUT2D eigenvalue weighted by molar-refractivity contribution is 5.85. The minimum absolute atomic E-state index is 0.0924. The van der Waals surface area contributed by atoms with Crippen LogP contribution in [0.2, 0.25) is 0 Å². The number of halogens is 4. The number of nitrogens with zero attached hydrogens (tertiary/aromatic N) is 5. The Labute approximate surface area is 203 Å². The van der Waals surface area contributed by atoms with Crippen molar-refractivity contribution in [1.82, 2.24) is 14.8 Å². The van der Waals surface area contributed by atoms with E-state index in [0.717, 1.165) is 12.1 Å². The second-order valence-electron chi connectivity index (χ2n) is 9.94. The van der Waals surface area contributed by atoms with Gasteiger partial charge in [0.15, 0.2) is 17.3 Å².